The fourth-order valence-corrected chi connectivity index (χ4v) is 2.79. The summed E-state index contributed by atoms with van der Waals surface area (Å²) in [6.45, 7) is 1.34. The molecule has 3 rings (SSSR count). The molecule has 1 aliphatic rings. The smallest absolute Gasteiger partial charge is 0.254 e. The molecule has 1 aromatic heterocycles. The summed E-state index contributed by atoms with van der Waals surface area (Å²) < 4.78 is 0. The van der Waals surface area contributed by atoms with E-state index in [9.17, 15) is 4.79 Å². The standard InChI is InChI=1S/C15H17N3O/c16-10-11-4-3-9-18(11)15(19)13-7-8-17-14-6-2-1-5-12(13)14/h1-2,5-8,11H,3-4,9-10,16H2. The third-order valence-corrected chi connectivity index (χ3v) is 3.79. The number of rotatable bonds is 2. The minimum atomic E-state index is 0.0755. The fraction of sp³-hybridized carbons (Fsp3) is 0.333. The summed E-state index contributed by atoms with van der Waals surface area (Å²) in [5.74, 6) is 0.0755. The van der Waals surface area contributed by atoms with Crippen LogP contribution in [0.4, 0.5) is 0 Å². The highest BCUT2D eigenvalue weighted by Gasteiger charge is 2.29. The molecule has 0 spiro atoms. The lowest BCUT2D eigenvalue weighted by Crippen LogP contribution is -2.40. The maximum Gasteiger partial charge on any atom is 0.254 e. The number of pyridine rings is 1. The molecular formula is C15H17N3O. The predicted molar refractivity (Wildman–Crippen MR) is 74.9 cm³/mol. The number of para-hydroxylation sites is 1. The van der Waals surface area contributed by atoms with Gasteiger partial charge in [0.2, 0.25) is 0 Å². The van der Waals surface area contributed by atoms with E-state index in [4.69, 9.17) is 5.73 Å². The Kier molecular flexibility index (Phi) is 3.17. The van der Waals surface area contributed by atoms with Crippen LogP contribution in [0.3, 0.4) is 0 Å². The van der Waals surface area contributed by atoms with Gasteiger partial charge in [-0.05, 0) is 25.0 Å². The van der Waals surface area contributed by atoms with E-state index in [1.54, 1.807) is 12.3 Å². The van der Waals surface area contributed by atoms with E-state index in [0.717, 1.165) is 35.9 Å². The summed E-state index contributed by atoms with van der Waals surface area (Å²) in [6, 6.07) is 9.73. The van der Waals surface area contributed by atoms with Crippen LogP contribution in [0.25, 0.3) is 10.9 Å². The van der Waals surface area contributed by atoms with Crippen molar-refractivity contribution in [2.24, 2.45) is 5.73 Å². The van der Waals surface area contributed by atoms with E-state index in [1.165, 1.54) is 0 Å². The maximum atomic E-state index is 12.7. The molecule has 1 aliphatic heterocycles. The second-order valence-corrected chi connectivity index (χ2v) is 4.91. The summed E-state index contributed by atoms with van der Waals surface area (Å²) >= 11 is 0. The molecule has 2 aromatic rings. The fourth-order valence-electron chi connectivity index (χ4n) is 2.79. The number of amides is 1. The van der Waals surface area contributed by atoms with Gasteiger partial charge in [0.15, 0.2) is 0 Å². The Morgan fingerprint density at radius 2 is 2.21 bits per heavy atom. The van der Waals surface area contributed by atoms with Gasteiger partial charge in [-0.1, -0.05) is 18.2 Å². The lowest BCUT2D eigenvalue weighted by atomic mass is 10.1. The second-order valence-electron chi connectivity index (χ2n) is 4.91. The zero-order valence-corrected chi connectivity index (χ0v) is 10.7. The van der Waals surface area contributed by atoms with Crippen molar-refractivity contribution in [2.45, 2.75) is 18.9 Å². The average Bonchev–Trinajstić information content (AvgIpc) is 2.94. The van der Waals surface area contributed by atoms with Crippen molar-refractivity contribution < 1.29 is 4.79 Å². The molecule has 1 atom stereocenters. The summed E-state index contributed by atoms with van der Waals surface area (Å²) in [5.41, 5.74) is 7.33. The third kappa shape index (κ3) is 2.08. The van der Waals surface area contributed by atoms with Gasteiger partial charge < -0.3 is 10.6 Å². The number of fused-ring (bicyclic) bond motifs is 1. The van der Waals surface area contributed by atoms with Crippen LogP contribution >= 0.6 is 0 Å². The van der Waals surface area contributed by atoms with Gasteiger partial charge in [0, 0.05) is 30.7 Å². The molecule has 0 radical (unpaired) electrons. The van der Waals surface area contributed by atoms with E-state index in [1.807, 2.05) is 29.2 Å². The molecule has 19 heavy (non-hydrogen) atoms. The van der Waals surface area contributed by atoms with E-state index in [2.05, 4.69) is 4.98 Å². The van der Waals surface area contributed by atoms with Gasteiger partial charge in [0.1, 0.15) is 0 Å². The molecule has 0 aliphatic carbocycles. The minimum absolute atomic E-state index is 0.0755. The molecule has 1 unspecified atom stereocenters. The number of nitrogens with zero attached hydrogens (tertiary/aromatic N) is 2. The highest BCUT2D eigenvalue weighted by atomic mass is 16.2. The molecule has 2 N–H and O–H groups in total. The zero-order valence-electron chi connectivity index (χ0n) is 10.7. The average molecular weight is 255 g/mol. The number of carbonyl (C=O) groups excluding carboxylic acids is 1. The number of carbonyl (C=O) groups is 1. The van der Waals surface area contributed by atoms with Crippen molar-refractivity contribution in [2.75, 3.05) is 13.1 Å². The van der Waals surface area contributed by atoms with Gasteiger partial charge in [-0.2, -0.15) is 0 Å². The van der Waals surface area contributed by atoms with Crippen LogP contribution in [0.2, 0.25) is 0 Å². The van der Waals surface area contributed by atoms with Crippen LogP contribution in [0.1, 0.15) is 23.2 Å². The molecule has 0 bridgehead atoms. The molecule has 1 amide bonds. The number of nitrogens with two attached hydrogens (primary N) is 1. The van der Waals surface area contributed by atoms with Crippen LogP contribution in [0, 0.1) is 0 Å². The van der Waals surface area contributed by atoms with Crippen LogP contribution in [0.5, 0.6) is 0 Å². The summed E-state index contributed by atoms with van der Waals surface area (Å²) in [7, 11) is 0. The van der Waals surface area contributed by atoms with Gasteiger partial charge in [0.05, 0.1) is 11.1 Å². The number of likely N-dealkylation sites (tertiary alicyclic amines) is 1. The molecular weight excluding hydrogens is 238 g/mol. The van der Waals surface area contributed by atoms with Crippen molar-refractivity contribution in [3.63, 3.8) is 0 Å². The molecule has 0 saturated carbocycles. The molecule has 2 heterocycles. The Morgan fingerprint density at radius 3 is 3.05 bits per heavy atom. The minimum Gasteiger partial charge on any atom is -0.334 e. The first-order chi connectivity index (χ1) is 9.31. The summed E-state index contributed by atoms with van der Waals surface area (Å²) in [4.78, 5) is 18.9. The Balaban J connectivity index is 2.02. The van der Waals surface area contributed by atoms with Crippen LogP contribution in [0.15, 0.2) is 36.5 Å². The van der Waals surface area contributed by atoms with Gasteiger partial charge >= 0.3 is 0 Å². The topological polar surface area (TPSA) is 59.2 Å². The van der Waals surface area contributed by atoms with Crippen molar-refractivity contribution in [3.05, 3.63) is 42.1 Å². The molecule has 1 saturated heterocycles. The van der Waals surface area contributed by atoms with Gasteiger partial charge in [0.25, 0.3) is 5.91 Å². The Bertz CT molecular complexity index is 606. The first-order valence-corrected chi connectivity index (χ1v) is 6.66. The summed E-state index contributed by atoms with van der Waals surface area (Å²) in [5, 5.41) is 0.915. The Labute approximate surface area is 112 Å². The van der Waals surface area contributed by atoms with Gasteiger partial charge in [-0.25, -0.2) is 0 Å². The molecule has 4 heteroatoms. The SMILES string of the molecule is NCC1CCCN1C(=O)c1ccnc2ccccc12. The van der Waals surface area contributed by atoms with E-state index < -0.39 is 0 Å². The number of aromatic nitrogens is 1. The third-order valence-electron chi connectivity index (χ3n) is 3.79. The number of hydrogen-bond donors (Lipinski definition) is 1. The van der Waals surface area contributed by atoms with E-state index in [-0.39, 0.29) is 11.9 Å². The summed E-state index contributed by atoms with van der Waals surface area (Å²) in [6.07, 6.45) is 3.74. The van der Waals surface area contributed by atoms with Crippen molar-refractivity contribution in [3.8, 4) is 0 Å². The van der Waals surface area contributed by atoms with E-state index >= 15 is 0 Å². The van der Waals surface area contributed by atoms with Crippen molar-refractivity contribution >= 4 is 16.8 Å². The largest absolute Gasteiger partial charge is 0.334 e. The Hall–Kier alpha value is -1.94. The van der Waals surface area contributed by atoms with Crippen molar-refractivity contribution in [1.29, 1.82) is 0 Å². The van der Waals surface area contributed by atoms with Gasteiger partial charge in [-0.15, -0.1) is 0 Å². The zero-order chi connectivity index (χ0) is 13.2. The molecule has 1 aromatic carbocycles. The maximum absolute atomic E-state index is 12.7. The highest BCUT2D eigenvalue weighted by molar-refractivity contribution is 6.06. The van der Waals surface area contributed by atoms with Crippen LogP contribution in [-0.2, 0) is 0 Å². The van der Waals surface area contributed by atoms with Crippen LogP contribution < -0.4 is 5.73 Å². The number of hydrogen-bond acceptors (Lipinski definition) is 3. The first kappa shape index (κ1) is 12.1. The second kappa shape index (κ2) is 4.97. The lowest BCUT2D eigenvalue weighted by molar-refractivity contribution is 0.0743. The highest BCUT2D eigenvalue weighted by Crippen LogP contribution is 2.23. The van der Waals surface area contributed by atoms with Gasteiger partial charge in [-0.3, -0.25) is 9.78 Å². The van der Waals surface area contributed by atoms with Crippen LogP contribution in [-0.4, -0.2) is 34.9 Å². The Morgan fingerprint density at radius 1 is 1.37 bits per heavy atom. The lowest BCUT2D eigenvalue weighted by Gasteiger charge is -2.24. The predicted octanol–water partition coefficient (Wildman–Crippen LogP) is 1.80. The van der Waals surface area contributed by atoms with Crippen molar-refractivity contribution in [1.82, 2.24) is 9.88 Å². The normalized spacial score (nSPS) is 19.0. The monoisotopic (exact) mass is 255 g/mol. The molecule has 1 fully saturated rings. The molecule has 4 nitrogen and oxygen atoms in total. The first-order valence-electron chi connectivity index (χ1n) is 6.66. The number of benzene rings is 1. The van der Waals surface area contributed by atoms with E-state index in [0.29, 0.717) is 6.54 Å². The quantitative estimate of drug-likeness (QED) is 0.890. The molecule has 98 valence electrons.